The number of ether oxygens (including phenoxy) is 1. The van der Waals surface area contributed by atoms with E-state index in [1.165, 1.54) is 18.2 Å². The molecule has 1 aliphatic heterocycles. The Labute approximate surface area is 173 Å². The first kappa shape index (κ1) is 19.4. The normalized spacial score (nSPS) is 29.1. The molecule has 0 spiro atoms. The number of urea groups is 1. The van der Waals surface area contributed by atoms with Crippen LogP contribution in [0.25, 0.3) is 11.3 Å². The average Bonchev–Trinajstić information content (AvgIpc) is 3.09. The fourth-order valence-electron chi connectivity index (χ4n) is 6.09. The van der Waals surface area contributed by atoms with Crippen molar-refractivity contribution in [3.8, 4) is 11.3 Å². The molecule has 2 bridgehead atoms. The number of carbonyl (C=O) groups is 1. The molecule has 1 saturated carbocycles. The zero-order valence-corrected chi connectivity index (χ0v) is 17.0. The van der Waals surface area contributed by atoms with Crippen molar-refractivity contribution in [1.29, 1.82) is 0 Å². The topological polar surface area (TPSA) is 81.3 Å². The summed E-state index contributed by atoms with van der Waals surface area (Å²) < 4.78 is 34.8. The van der Waals surface area contributed by atoms with Gasteiger partial charge in [0.1, 0.15) is 11.6 Å². The fourth-order valence-corrected chi connectivity index (χ4v) is 6.09. The molecule has 2 heterocycles. The third kappa shape index (κ3) is 2.40. The average molecular weight is 414 g/mol. The second kappa shape index (κ2) is 6.44. The van der Waals surface area contributed by atoms with E-state index < -0.39 is 23.1 Å². The van der Waals surface area contributed by atoms with Crippen molar-refractivity contribution in [2.45, 2.75) is 44.1 Å². The molecule has 2 fully saturated rings. The molecule has 2 amide bonds. The lowest BCUT2D eigenvalue weighted by atomic mass is 9.64. The van der Waals surface area contributed by atoms with Crippen molar-refractivity contribution < 1.29 is 18.3 Å². The molecule has 0 radical (unpaired) electrons. The van der Waals surface area contributed by atoms with E-state index >= 15 is 0 Å². The molecular formula is C22H24F2N4O2. The first-order valence-electron chi connectivity index (χ1n) is 10.3. The van der Waals surface area contributed by atoms with E-state index in [9.17, 15) is 13.6 Å². The van der Waals surface area contributed by atoms with Gasteiger partial charge >= 0.3 is 6.03 Å². The van der Waals surface area contributed by atoms with E-state index in [4.69, 9.17) is 10.5 Å². The van der Waals surface area contributed by atoms with Crippen LogP contribution in [0.5, 0.6) is 0 Å². The third-order valence-corrected chi connectivity index (χ3v) is 7.62. The van der Waals surface area contributed by atoms with Crippen LogP contribution in [-0.4, -0.2) is 46.9 Å². The lowest BCUT2D eigenvalue weighted by molar-refractivity contribution is -0.0812. The van der Waals surface area contributed by atoms with Gasteiger partial charge in [-0.25, -0.2) is 13.6 Å². The van der Waals surface area contributed by atoms with Gasteiger partial charge in [-0.2, -0.15) is 10.2 Å². The van der Waals surface area contributed by atoms with Gasteiger partial charge in [0, 0.05) is 18.5 Å². The summed E-state index contributed by atoms with van der Waals surface area (Å²) in [6.45, 7) is 5.65. The number of benzene rings is 1. The molecule has 0 unspecified atom stereocenters. The van der Waals surface area contributed by atoms with Crippen LogP contribution in [-0.2, 0) is 10.2 Å². The molecule has 30 heavy (non-hydrogen) atoms. The highest BCUT2D eigenvalue weighted by Crippen LogP contribution is 2.69. The van der Waals surface area contributed by atoms with Crippen molar-refractivity contribution >= 4 is 6.03 Å². The Morgan fingerprint density at radius 1 is 1.27 bits per heavy atom. The molecule has 1 aromatic heterocycles. The van der Waals surface area contributed by atoms with Gasteiger partial charge in [-0.3, -0.25) is 0 Å². The third-order valence-electron chi connectivity index (χ3n) is 7.62. The summed E-state index contributed by atoms with van der Waals surface area (Å²) >= 11 is 0. The van der Waals surface area contributed by atoms with Gasteiger partial charge in [0.05, 0.1) is 29.7 Å². The highest BCUT2D eigenvalue weighted by molar-refractivity contribution is 5.72. The molecule has 2 aliphatic carbocycles. The van der Waals surface area contributed by atoms with Crippen LogP contribution in [0.4, 0.5) is 13.6 Å². The smallest absolute Gasteiger partial charge is 0.314 e. The summed E-state index contributed by atoms with van der Waals surface area (Å²) in [7, 11) is 0. The molecule has 1 aromatic carbocycles. The van der Waals surface area contributed by atoms with Crippen LogP contribution < -0.4 is 5.73 Å². The number of halogens is 2. The number of nitrogens with zero attached hydrogens (tertiary/aromatic N) is 3. The molecule has 8 heteroatoms. The second-order valence-corrected chi connectivity index (χ2v) is 9.06. The van der Waals surface area contributed by atoms with Crippen LogP contribution in [0.2, 0.25) is 0 Å². The molecule has 2 aromatic rings. The summed E-state index contributed by atoms with van der Waals surface area (Å²) in [5, 5.41) is 8.75. The van der Waals surface area contributed by atoms with Crippen LogP contribution in [0.1, 0.15) is 43.9 Å². The summed E-state index contributed by atoms with van der Waals surface area (Å²) in [4.78, 5) is 13.4. The Kier molecular flexibility index (Phi) is 4.16. The fraction of sp³-hybridized carbons (Fsp3) is 0.500. The number of carbonyl (C=O) groups excluding carboxylic acids is 1. The van der Waals surface area contributed by atoms with Crippen molar-refractivity contribution in [1.82, 2.24) is 15.1 Å². The highest BCUT2D eigenvalue weighted by Gasteiger charge is 2.67. The van der Waals surface area contributed by atoms with Gasteiger partial charge in [0.2, 0.25) is 0 Å². The van der Waals surface area contributed by atoms with Gasteiger partial charge in [-0.15, -0.1) is 0 Å². The first-order chi connectivity index (χ1) is 14.3. The lowest BCUT2D eigenvalue weighted by Crippen LogP contribution is -2.58. The monoisotopic (exact) mass is 414 g/mol. The van der Waals surface area contributed by atoms with Gasteiger partial charge in [-0.1, -0.05) is 19.9 Å². The van der Waals surface area contributed by atoms with Crippen LogP contribution >= 0.6 is 0 Å². The highest BCUT2D eigenvalue weighted by atomic mass is 19.1. The summed E-state index contributed by atoms with van der Waals surface area (Å²) in [6, 6.07) is 5.10. The molecule has 3 atom stereocenters. The van der Waals surface area contributed by atoms with Crippen LogP contribution in [0, 0.1) is 17.0 Å². The van der Waals surface area contributed by atoms with Crippen molar-refractivity contribution in [2.24, 2.45) is 11.1 Å². The number of amides is 2. The van der Waals surface area contributed by atoms with E-state index in [1.807, 2.05) is 0 Å². The molecule has 6 nitrogen and oxygen atoms in total. The maximum Gasteiger partial charge on any atom is 0.314 e. The number of rotatable bonds is 2. The first-order valence-corrected chi connectivity index (χ1v) is 10.3. The minimum Gasteiger partial charge on any atom is -0.374 e. The number of primary amides is 1. The number of fused-ring (bicyclic) bond motifs is 5. The zero-order chi connectivity index (χ0) is 21.3. The predicted molar refractivity (Wildman–Crippen MR) is 106 cm³/mol. The van der Waals surface area contributed by atoms with Crippen LogP contribution in [0.3, 0.4) is 0 Å². The quantitative estimate of drug-likeness (QED) is 0.817. The molecule has 3 aliphatic rings. The Balaban J connectivity index is 1.62. The predicted octanol–water partition coefficient (Wildman–Crippen LogP) is 3.36. The zero-order valence-electron chi connectivity index (χ0n) is 17.0. The maximum atomic E-state index is 14.3. The summed E-state index contributed by atoms with van der Waals surface area (Å²) in [5.41, 5.74) is 6.73. The van der Waals surface area contributed by atoms with Crippen molar-refractivity contribution in [3.05, 3.63) is 47.2 Å². The second-order valence-electron chi connectivity index (χ2n) is 9.06. The summed E-state index contributed by atoms with van der Waals surface area (Å²) in [5.74, 6) is -1.15. The van der Waals surface area contributed by atoms with E-state index in [2.05, 4.69) is 24.0 Å². The van der Waals surface area contributed by atoms with Gasteiger partial charge < -0.3 is 15.4 Å². The number of nitrogens with two attached hydrogens (primary N) is 1. The Hall–Kier alpha value is -2.61. The van der Waals surface area contributed by atoms with E-state index in [0.717, 1.165) is 24.1 Å². The molecular weight excluding hydrogens is 390 g/mol. The number of morpholine rings is 1. The standard InChI is InChI=1S/C22H24F2N4O2/c1-21(2)13-6-7-22(21,17-11-28(20(25)29)8-9-30-17)19-12(13)10-16(26-27-19)18-14(23)4-3-5-15(18)24/h3-5,10,13,17H,6-9,11H2,1-2H3,(H2,25,29)/t13-,17+,22-/m0/s1. The molecule has 2 N–H and O–H groups in total. The summed E-state index contributed by atoms with van der Waals surface area (Å²) in [6.07, 6.45) is 1.52. The van der Waals surface area contributed by atoms with Crippen molar-refractivity contribution in [2.75, 3.05) is 19.7 Å². The number of hydrogen-bond acceptors (Lipinski definition) is 4. The molecule has 158 valence electrons. The minimum absolute atomic E-state index is 0.156. The Morgan fingerprint density at radius 3 is 2.70 bits per heavy atom. The SMILES string of the molecule is CC1(C)[C@H]2CC[C@]1([C@H]1CN(C(N)=O)CCO1)c1nnc(-c3c(F)cccc3F)cc12. The minimum atomic E-state index is -0.658. The Morgan fingerprint density at radius 2 is 2.00 bits per heavy atom. The number of aromatic nitrogens is 2. The maximum absolute atomic E-state index is 14.3. The van der Waals surface area contributed by atoms with Crippen LogP contribution in [0.15, 0.2) is 24.3 Å². The van der Waals surface area contributed by atoms with E-state index in [0.29, 0.717) is 19.7 Å². The lowest BCUT2D eigenvalue weighted by Gasteiger charge is -2.47. The van der Waals surface area contributed by atoms with Crippen molar-refractivity contribution in [3.63, 3.8) is 0 Å². The van der Waals surface area contributed by atoms with Gasteiger partial charge in [0.25, 0.3) is 0 Å². The van der Waals surface area contributed by atoms with E-state index in [-0.39, 0.29) is 28.7 Å². The number of hydrogen-bond donors (Lipinski definition) is 1. The van der Waals surface area contributed by atoms with E-state index in [1.54, 1.807) is 11.0 Å². The molecule has 1 saturated heterocycles. The molecule has 5 rings (SSSR count). The Bertz CT molecular complexity index is 1020. The largest absolute Gasteiger partial charge is 0.374 e. The van der Waals surface area contributed by atoms with Gasteiger partial charge in [0.15, 0.2) is 0 Å². The van der Waals surface area contributed by atoms with Gasteiger partial charge in [-0.05, 0) is 47.9 Å².